The second-order valence-corrected chi connectivity index (χ2v) is 4.41. The molecule has 0 fully saturated rings. The lowest BCUT2D eigenvalue weighted by Crippen LogP contribution is -2.13. The molecule has 0 saturated heterocycles. The maximum Gasteiger partial charge on any atom is 0.250 e. The van der Waals surface area contributed by atoms with Crippen molar-refractivity contribution < 1.29 is 9.90 Å². The van der Waals surface area contributed by atoms with Gasteiger partial charge in [0.25, 0.3) is 0 Å². The SMILES string of the molecule is NC(=O)c1ccc(C(CO)Cc2ccccc2)nc1. The Bertz CT molecular complexity index is 538. The van der Waals surface area contributed by atoms with Gasteiger partial charge in [0.15, 0.2) is 0 Å². The number of rotatable bonds is 5. The van der Waals surface area contributed by atoms with Gasteiger partial charge in [0.2, 0.25) is 5.91 Å². The summed E-state index contributed by atoms with van der Waals surface area (Å²) < 4.78 is 0. The third-order valence-electron chi connectivity index (χ3n) is 3.03. The summed E-state index contributed by atoms with van der Waals surface area (Å²) in [5.74, 6) is -0.577. The Morgan fingerprint density at radius 1 is 1.21 bits per heavy atom. The van der Waals surface area contributed by atoms with Crippen LogP contribution < -0.4 is 5.73 Å². The highest BCUT2D eigenvalue weighted by atomic mass is 16.3. The number of hydrogen-bond acceptors (Lipinski definition) is 3. The van der Waals surface area contributed by atoms with Crippen LogP contribution in [0, 0.1) is 0 Å². The summed E-state index contributed by atoms with van der Waals surface area (Å²) in [5.41, 5.74) is 7.44. The lowest BCUT2D eigenvalue weighted by molar-refractivity contribution is 0.1000. The molecule has 4 heteroatoms. The maximum atomic E-state index is 11.0. The zero-order chi connectivity index (χ0) is 13.7. The van der Waals surface area contributed by atoms with Crippen molar-refractivity contribution >= 4 is 5.91 Å². The molecule has 2 aromatic rings. The van der Waals surface area contributed by atoms with E-state index in [0.717, 1.165) is 11.3 Å². The lowest BCUT2D eigenvalue weighted by atomic mass is 9.96. The highest BCUT2D eigenvalue weighted by Crippen LogP contribution is 2.18. The number of carbonyl (C=O) groups is 1. The minimum absolute atomic E-state index is 0.0117. The van der Waals surface area contributed by atoms with Crippen LogP contribution in [0.4, 0.5) is 0 Å². The third kappa shape index (κ3) is 3.39. The van der Waals surface area contributed by atoms with Crippen molar-refractivity contribution in [2.24, 2.45) is 5.73 Å². The molecule has 1 amide bonds. The summed E-state index contributed by atoms with van der Waals surface area (Å²) >= 11 is 0. The molecule has 19 heavy (non-hydrogen) atoms. The smallest absolute Gasteiger partial charge is 0.250 e. The van der Waals surface area contributed by atoms with E-state index in [2.05, 4.69) is 4.98 Å². The summed E-state index contributed by atoms with van der Waals surface area (Å²) in [5, 5.41) is 9.49. The Hall–Kier alpha value is -2.20. The van der Waals surface area contributed by atoms with Crippen LogP contribution in [-0.4, -0.2) is 22.6 Å². The van der Waals surface area contributed by atoms with E-state index in [0.29, 0.717) is 12.0 Å². The number of amides is 1. The molecule has 1 atom stereocenters. The average Bonchev–Trinajstić information content (AvgIpc) is 2.46. The van der Waals surface area contributed by atoms with Gasteiger partial charge in [-0.2, -0.15) is 0 Å². The zero-order valence-corrected chi connectivity index (χ0v) is 10.5. The predicted octanol–water partition coefficient (Wildman–Crippen LogP) is 1.50. The fourth-order valence-electron chi connectivity index (χ4n) is 1.95. The number of nitrogens with two attached hydrogens (primary N) is 1. The molecule has 0 aliphatic rings. The van der Waals surface area contributed by atoms with Crippen LogP contribution in [0.25, 0.3) is 0 Å². The van der Waals surface area contributed by atoms with Gasteiger partial charge in [-0.15, -0.1) is 0 Å². The molecular weight excluding hydrogens is 240 g/mol. The van der Waals surface area contributed by atoms with Gasteiger partial charge in [0, 0.05) is 17.8 Å². The number of benzene rings is 1. The number of carbonyl (C=O) groups excluding carboxylic acids is 1. The molecular formula is C15H16N2O2. The van der Waals surface area contributed by atoms with Gasteiger partial charge in [-0.05, 0) is 24.1 Å². The Morgan fingerprint density at radius 2 is 1.95 bits per heavy atom. The monoisotopic (exact) mass is 256 g/mol. The summed E-state index contributed by atoms with van der Waals surface area (Å²) in [6, 6.07) is 13.3. The van der Waals surface area contributed by atoms with Gasteiger partial charge in [0.05, 0.1) is 12.2 Å². The van der Waals surface area contributed by atoms with Crippen LogP contribution in [-0.2, 0) is 6.42 Å². The van der Waals surface area contributed by atoms with Crippen molar-refractivity contribution in [2.75, 3.05) is 6.61 Å². The summed E-state index contributed by atoms with van der Waals surface area (Å²) in [6.45, 7) is 0.0117. The molecule has 4 nitrogen and oxygen atoms in total. The van der Waals surface area contributed by atoms with Crippen molar-refractivity contribution in [3.63, 3.8) is 0 Å². The van der Waals surface area contributed by atoms with E-state index in [-0.39, 0.29) is 12.5 Å². The Balaban J connectivity index is 2.15. The average molecular weight is 256 g/mol. The second kappa shape index (κ2) is 6.11. The quantitative estimate of drug-likeness (QED) is 0.851. The first kappa shape index (κ1) is 13.2. The van der Waals surface area contributed by atoms with Crippen LogP contribution in [0.2, 0.25) is 0 Å². The Morgan fingerprint density at radius 3 is 2.47 bits per heavy atom. The fourth-order valence-corrected chi connectivity index (χ4v) is 1.95. The Kier molecular flexibility index (Phi) is 4.26. The molecule has 0 bridgehead atoms. The van der Waals surface area contributed by atoms with Gasteiger partial charge in [-0.25, -0.2) is 0 Å². The van der Waals surface area contributed by atoms with Crippen molar-refractivity contribution in [3.05, 3.63) is 65.5 Å². The lowest BCUT2D eigenvalue weighted by Gasteiger charge is -2.13. The van der Waals surface area contributed by atoms with Crippen LogP contribution in [0.15, 0.2) is 48.7 Å². The number of pyridine rings is 1. The number of aliphatic hydroxyl groups excluding tert-OH is 1. The molecule has 0 saturated carbocycles. The van der Waals surface area contributed by atoms with Gasteiger partial charge in [0.1, 0.15) is 0 Å². The first-order valence-electron chi connectivity index (χ1n) is 6.11. The molecule has 0 aliphatic heterocycles. The molecule has 3 N–H and O–H groups in total. The first-order chi connectivity index (χ1) is 9.20. The minimum Gasteiger partial charge on any atom is -0.396 e. The summed E-state index contributed by atoms with van der Waals surface area (Å²) in [6.07, 6.45) is 2.16. The van der Waals surface area contributed by atoms with E-state index in [1.807, 2.05) is 30.3 Å². The largest absolute Gasteiger partial charge is 0.396 e. The van der Waals surface area contributed by atoms with Crippen LogP contribution in [0.3, 0.4) is 0 Å². The van der Waals surface area contributed by atoms with Gasteiger partial charge in [-0.3, -0.25) is 9.78 Å². The molecule has 1 heterocycles. The summed E-state index contributed by atoms with van der Waals surface area (Å²) in [7, 11) is 0. The topological polar surface area (TPSA) is 76.2 Å². The van der Waals surface area contributed by atoms with Crippen LogP contribution in [0.5, 0.6) is 0 Å². The number of nitrogens with zero attached hydrogens (tertiary/aromatic N) is 1. The fraction of sp³-hybridized carbons (Fsp3) is 0.200. The zero-order valence-electron chi connectivity index (χ0n) is 10.5. The van der Waals surface area contributed by atoms with E-state index < -0.39 is 5.91 Å². The second-order valence-electron chi connectivity index (χ2n) is 4.41. The van der Waals surface area contributed by atoms with Gasteiger partial charge in [-0.1, -0.05) is 30.3 Å². The van der Waals surface area contributed by atoms with Crippen molar-refractivity contribution in [2.45, 2.75) is 12.3 Å². The Labute approximate surface area is 111 Å². The van der Waals surface area contributed by atoms with Crippen molar-refractivity contribution in [3.8, 4) is 0 Å². The van der Waals surface area contributed by atoms with Gasteiger partial charge < -0.3 is 10.8 Å². The molecule has 1 aromatic heterocycles. The van der Waals surface area contributed by atoms with E-state index in [9.17, 15) is 9.90 Å². The molecule has 1 aromatic carbocycles. The predicted molar refractivity (Wildman–Crippen MR) is 72.7 cm³/mol. The van der Waals surface area contributed by atoms with E-state index in [4.69, 9.17) is 5.73 Å². The highest BCUT2D eigenvalue weighted by Gasteiger charge is 2.13. The third-order valence-corrected chi connectivity index (χ3v) is 3.03. The van der Waals surface area contributed by atoms with Gasteiger partial charge >= 0.3 is 0 Å². The minimum atomic E-state index is -0.498. The van der Waals surface area contributed by atoms with Crippen molar-refractivity contribution in [1.29, 1.82) is 0 Å². The number of primary amides is 1. The molecule has 1 unspecified atom stereocenters. The first-order valence-corrected chi connectivity index (χ1v) is 6.11. The number of aromatic nitrogens is 1. The van der Waals surface area contributed by atoms with Crippen LogP contribution in [0.1, 0.15) is 27.5 Å². The normalized spacial score (nSPS) is 12.1. The van der Waals surface area contributed by atoms with E-state index in [1.165, 1.54) is 6.20 Å². The molecule has 2 rings (SSSR count). The van der Waals surface area contributed by atoms with Crippen LogP contribution >= 0.6 is 0 Å². The molecule has 98 valence electrons. The van der Waals surface area contributed by atoms with Crippen molar-refractivity contribution in [1.82, 2.24) is 4.98 Å². The standard InChI is InChI=1S/C15H16N2O2/c16-15(19)12-6-7-14(17-9-12)13(10-18)8-11-4-2-1-3-5-11/h1-7,9,13,18H,8,10H2,(H2,16,19). The molecule has 0 spiro atoms. The van der Waals surface area contributed by atoms with E-state index in [1.54, 1.807) is 12.1 Å². The maximum absolute atomic E-state index is 11.0. The molecule has 0 radical (unpaired) electrons. The number of hydrogen-bond donors (Lipinski definition) is 2. The van der Waals surface area contributed by atoms with E-state index >= 15 is 0 Å². The highest BCUT2D eigenvalue weighted by molar-refractivity contribution is 5.92. The molecule has 0 aliphatic carbocycles. The number of aliphatic hydroxyl groups is 1. The summed E-state index contributed by atoms with van der Waals surface area (Å²) in [4.78, 5) is 15.2.